The zero-order chi connectivity index (χ0) is 12.4. The van der Waals surface area contributed by atoms with E-state index in [9.17, 15) is 4.79 Å². The van der Waals surface area contributed by atoms with Crippen molar-refractivity contribution in [1.29, 1.82) is 0 Å². The number of thiophene rings is 1. The second-order valence-electron chi connectivity index (χ2n) is 4.24. The molecule has 0 bridgehead atoms. The number of aromatic nitrogens is 1. The number of fused-ring (bicyclic) bond motifs is 1. The molecule has 0 radical (unpaired) electrons. The fourth-order valence-corrected chi connectivity index (χ4v) is 2.94. The van der Waals surface area contributed by atoms with Gasteiger partial charge in [0, 0.05) is 34.1 Å². The van der Waals surface area contributed by atoms with Crippen LogP contribution in [0.15, 0.2) is 48.0 Å². The number of hydrogen-bond acceptors (Lipinski definition) is 2. The van der Waals surface area contributed by atoms with Gasteiger partial charge in [-0.3, -0.25) is 4.79 Å². The summed E-state index contributed by atoms with van der Waals surface area (Å²) in [5.41, 5.74) is 1.91. The molecule has 2 aromatic heterocycles. The predicted octanol–water partition coefficient (Wildman–Crippen LogP) is 3.76. The van der Waals surface area contributed by atoms with Gasteiger partial charge in [0.25, 0.3) is 0 Å². The van der Waals surface area contributed by atoms with Crippen LogP contribution in [-0.2, 0) is 13.0 Å². The number of aryl methyl sites for hydroxylation is 2. The van der Waals surface area contributed by atoms with Crippen molar-refractivity contribution in [3.05, 3.63) is 58.4 Å². The van der Waals surface area contributed by atoms with Gasteiger partial charge in [-0.05, 0) is 23.9 Å². The molecule has 90 valence electrons. The zero-order valence-electron chi connectivity index (χ0n) is 9.87. The normalized spacial score (nSPS) is 10.9. The van der Waals surface area contributed by atoms with Gasteiger partial charge < -0.3 is 4.57 Å². The Morgan fingerprint density at radius 3 is 2.83 bits per heavy atom. The van der Waals surface area contributed by atoms with E-state index in [1.54, 1.807) is 11.3 Å². The Morgan fingerprint density at radius 2 is 2.06 bits per heavy atom. The number of nitrogens with zero attached hydrogens (tertiary/aromatic N) is 1. The lowest BCUT2D eigenvalue weighted by Crippen LogP contribution is -1.98. The molecule has 1 aromatic carbocycles. The minimum atomic E-state index is 0.775. The lowest BCUT2D eigenvalue weighted by Gasteiger charge is -2.03. The van der Waals surface area contributed by atoms with Gasteiger partial charge in [0.15, 0.2) is 6.29 Å². The molecule has 0 aliphatic rings. The first kappa shape index (κ1) is 11.2. The summed E-state index contributed by atoms with van der Waals surface area (Å²) >= 11 is 1.78. The maximum atomic E-state index is 11.1. The summed E-state index contributed by atoms with van der Waals surface area (Å²) in [5, 5.41) is 3.14. The van der Waals surface area contributed by atoms with Gasteiger partial charge in [0.1, 0.15) is 0 Å². The molecule has 0 spiro atoms. The van der Waals surface area contributed by atoms with Crippen LogP contribution in [0, 0.1) is 0 Å². The lowest BCUT2D eigenvalue weighted by molar-refractivity contribution is 0.112. The Labute approximate surface area is 109 Å². The molecule has 2 heterocycles. The van der Waals surface area contributed by atoms with Crippen molar-refractivity contribution in [2.75, 3.05) is 0 Å². The van der Waals surface area contributed by atoms with Crippen molar-refractivity contribution < 1.29 is 4.79 Å². The van der Waals surface area contributed by atoms with Crippen LogP contribution in [0.2, 0.25) is 0 Å². The fraction of sp³-hybridized carbons (Fsp3) is 0.133. The van der Waals surface area contributed by atoms with Crippen LogP contribution in [0.1, 0.15) is 15.2 Å². The molecule has 0 fully saturated rings. The van der Waals surface area contributed by atoms with Gasteiger partial charge in [-0.15, -0.1) is 11.3 Å². The highest BCUT2D eigenvalue weighted by Crippen LogP contribution is 2.21. The molecule has 18 heavy (non-hydrogen) atoms. The van der Waals surface area contributed by atoms with Gasteiger partial charge in [0.05, 0.1) is 0 Å². The molecule has 0 aliphatic heterocycles. The Morgan fingerprint density at radius 1 is 1.17 bits per heavy atom. The van der Waals surface area contributed by atoms with Crippen LogP contribution in [0.25, 0.3) is 10.9 Å². The highest BCUT2D eigenvalue weighted by molar-refractivity contribution is 7.09. The maximum Gasteiger partial charge on any atom is 0.152 e. The minimum Gasteiger partial charge on any atom is -0.346 e. The molecule has 2 nitrogen and oxygen atoms in total. The third kappa shape index (κ3) is 1.97. The summed E-state index contributed by atoms with van der Waals surface area (Å²) < 4.78 is 2.17. The van der Waals surface area contributed by atoms with E-state index in [4.69, 9.17) is 0 Å². The first-order valence-electron chi connectivity index (χ1n) is 5.94. The number of hydrogen-bond donors (Lipinski definition) is 0. The van der Waals surface area contributed by atoms with Crippen molar-refractivity contribution in [2.45, 2.75) is 13.0 Å². The number of carbonyl (C=O) groups excluding carboxylic acids is 1. The SMILES string of the molecule is O=Cc1cn(CCc2cccs2)c2ccccc12. The van der Waals surface area contributed by atoms with Crippen LogP contribution in [-0.4, -0.2) is 10.9 Å². The van der Waals surface area contributed by atoms with Gasteiger partial charge in [-0.1, -0.05) is 24.3 Å². The minimum absolute atomic E-state index is 0.775. The number of para-hydroxylation sites is 1. The third-order valence-electron chi connectivity index (χ3n) is 3.13. The van der Waals surface area contributed by atoms with E-state index >= 15 is 0 Å². The van der Waals surface area contributed by atoms with Crippen LogP contribution in [0.4, 0.5) is 0 Å². The van der Waals surface area contributed by atoms with E-state index in [-0.39, 0.29) is 0 Å². The average molecular weight is 255 g/mol. The first-order chi connectivity index (χ1) is 8.88. The summed E-state index contributed by atoms with van der Waals surface area (Å²) in [6.07, 6.45) is 3.89. The Balaban J connectivity index is 1.94. The molecule has 3 aromatic rings. The molecule has 3 rings (SSSR count). The fourth-order valence-electron chi connectivity index (χ4n) is 2.24. The van der Waals surface area contributed by atoms with E-state index in [1.165, 1.54) is 4.88 Å². The van der Waals surface area contributed by atoms with Gasteiger partial charge in [-0.2, -0.15) is 0 Å². The largest absolute Gasteiger partial charge is 0.346 e. The molecule has 0 saturated carbocycles. The second-order valence-corrected chi connectivity index (χ2v) is 5.27. The zero-order valence-corrected chi connectivity index (χ0v) is 10.7. The highest BCUT2D eigenvalue weighted by Gasteiger charge is 2.07. The number of benzene rings is 1. The molecular weight excluding hydrogens is 242 g/mol. The van der Waals surface area contributed by atoms with Crippen LogP contribution >= 0.6 is 11.3 Å². The molecule has 3 heteroatoms. The Hall–Kier alpha value is -1.87. The monoisotopic (exact) mass is 255 g/mol. The Kier molecular flexibility index (Phi) is 2.99. The van der Waals surface area contributed by atoms with Crippen molar-refractivity contribution in [2.24, 2.45) is 0 Å². The topological polar surface area (TPSA) is 22.0 Å². The maximum absolute atomic E-state index is 11.1. The summed E-state index contributed by atoms with van der Waals surface area (Å²) in [6.45, 7) is 0.912. The Bertz CT molecular complexity index is 667. The quantitative estimate of drug-likeness (QED) is 0.651. The average Bonchev–Trinajstić information content (AvgIpc) is 3.04. The lowest BCUT2D eigenvalue weighted by atomic mass is 10.2. The van der Waals surface area contributed by atoms with Crippen LogP contribution in [0.5, 0.6) is 0 Å². The molecule has 0 N–H and O–H groups in total. The first-order valence-corrected chi connectivity index (χ1v) is 6.82. The molecule has 0 unspecified atom stereocenters. The van der Waals surface area contributed by atoms with Gasteiger partial charge in [-0.25, -0.2) is 0 Å². The molecule has 0 atom stereocenters. The van der Waals surface area contributed by atoms with Gasteiger partial charge >= 0.3 is 0 Å². The predicted molar refractivity (Wildman–Crippen MR) is 75.3 cm³/mol. The standard InChI is InChI=1S/C15H13NOS/c17-11-12-10-16(8-7-13-4-3-9-18-13)15-6-2-1-5-14(12)15/h1-6,9-11H,7-8H2. The number of aldehydes is 1. The van der Waals surface area contributed by atoms with Crippen LogP contribution < -0.4 is 0 Å². The van der Waals surface area contributed by atoms with Crippen LogP contribution in [0.3, 0.4) is 0 Å². The van der Waals surface area contributed by atoms with E-state index < -0.39 is 0 Å². The van der Waals surface area contributed by atoms with Crippen molar-refractivity contribution in [1.82, 2.24) is 4.57 Å². The summed E-state index contributed by atoms with van der Waals surface area (Å²) in [6, 6.07) is 12.3. The van der Waals surface area contributed by atoms with Crippen molar-refractivity contribution >= 4 is 28.5 Å². The third-order valence-corrected chi connectivity index (χ3v) is 4.06. The number of rotatable bonds is 4. The van der Waals surface area contributed by atoms with Gasteiger partial charge in [0.2, 0.25) is 0 Å². The smallest absolute Gasteiger partial charge is 0.152 e. The number of carbonyl (C=O) groups is 1. The van der Waals surface area contributed by atoms with E-state index in [0.717, 1.165) is 35.7 Å². The highest BCUT2D eigenvalue weighted by atomic mass is 32.1. The van der Waals surface area contributed by atoms with Crippen molar-refractivity contribution in [3.8, 4) is 0 Å². The van der Waals surface area contributed by atoms with E-state index in [1.807, 2.05) is 24.4 Å². The van der Waals surface area contributed by atoms with E-state index in [2.05, 4.69) is 28.1 Å². The summed E-state index contributed by atoms with van der Waals surface area (Å²) in [5.74, 6) is 0. The molecule has 0 aliphatic carbocycles. The second kappa shape index (κ2) is 4.78. The molecular formula is C15H13NOS. The van der Waals surface area contributed by atoms with E-state index in [0.29, 0.717) is 0 Å². The summed E-state index contributed by atoms with van der Waals surface area (Å²) in [4.78, 5) is 12.4. The van der Waals surface area contributed by atoms with Crippen molar-refractivity contribution in [3.63, 3.8) is 0 Å². The molecule has 0 saturated heterocycles. The molecule has 0 amide bonds. The summed E-state index contributed by atoms with van der Waals surface area (Å²) in [7, 11) is 0.